The van der Waals surface area contributed by atoms with Crippen LogP contribution in [-0.4, -0.2) is 70.0 Å². The van der Waals surface area contributed by atoms with Gasteiger partial charge < -0.3 is 27.9 Å². The van der Waals surface area contributed by atoms with Gasteiger partial charge in [0.25, 0.3) is 7.82 Å². The fraction of sp³-hybridized carbons (Fsp3) is 0.562. The Labute approximate surface area is 452 Å². The van der Waals surface area contributed by atoms with Gasteiger partial charge in [0.15, 0.2) is 6.10 Å². The van der Waals surface area contributed by atoms with E-state index < -0.39 is 32.5 Å². The molecule has 2 unspecified atom stereocenters. The van der Waals surface area contributed by atoms with Crippen LogP contribution in [0.15, 0.2) is 158 Å². The molecule has 10 heteroatoms. The standard InChI is InChI=1S/C64H102NO8P/c1-6-8-10-12-14-16-18-20-22-24-26-28-29-30-31-32-33-34-35-37-39-41-43-45-47-49-51-53-55-57-64(67)73-62(61-72-74(68,69)71-59-58-65(3,4)5)60-70-63(66)56-54-52-50-48-46-44-42-40-38-36-27-25-23-21-19-17-15-13-11-9-7-2/h8-11,14-17,20-23,26-28,30-31,33-34,36-37,39,43,45,49,51,62H,6-7,12-13,18-19,24-25,29,32,35,38,40-42,44,46-48,50,52-61H2,1-5H3/b10-8-,11-9-,16-14-,17-15-,22-20-,23-21-,28-26-,31-30-,34-33-,36-27-,39-37-,45-43-,51-49-. The molecule has 0 amide bonds. The van der Waals surface area contributed by atoms with E-state index in [0.29, 0.717) is 30.3 Å². The number of esters is 2. The maximum absolute atomic E-state index is 12.8. The Morgan fingerprint density at radius 1 is 0.419 bits per heavy atom. The summed E-state index contributed by atoms with van der Waals surface area (Å²) in [4.78, 5) is 37.8. The maximum atomic E-state index is 12.8. The third-order valence-corrected chi connectivity index (χ3v) is 12.0. The van der Waals surface area contributed by atoms with Crippen molar-refractivity contribution in [2.45, 2.75) is 187 Å². The van der Waals surface area contributed by atoms with E-state index in [-0.39, 0.29) is 26.1 Å². The molecule has 9 nitrogen and oxygen atoms in total. The number of rotatable bonds is 49. The van der Waals surface area contributed by atoms with E-state index in [4.69, 9.17) is 18.5 Å². The molecule has 416 valence electrons. The van der Waals surface area contributed by atoms with Gasteiger partial charge in [0.1, 0.15) is 19.8 Å². The number of phosphoric acid groups is 1. The topological polar surface area (TPSA) is 111 Å². The Morgan fingerprint density at radius 3 is 1.12 bits per heavy atom. The normalized spacial score (nSPS) is 14.5. The SMILES string of the molecule is CC/C=C\C/C=C\C/C=C\C/C=C\C/C=C\C/C=C\C/C=C\C/C=C\C/C=C\CCCC(=O)OC(COC(=O)CCCCCCCCCC/C=C\C/C=C\C/C=C\C/C=C\CC)COP(=O)([O-])OCC[N+](C)(C)C. The molecule has 0 heterocycles. The van der Waals surface area contributed by atoms with E-state index in [2.05, 4.69) is 166 Å². The van der Waals surface area contributed by atoms with Gasteiger partial charge >= 0.3 is 11.9 Å². The van der Waals surface area contributed by atoms with Crippen molar-refractivity contribution >= 4 is 19.8 Å². The molecule has 0 aliphatic carbocycles. The monoisotopic (exact) mass is 1040 g/mol. The minimum absolute atomic E-state index is 0.0531. The zero-order valence-corrected chi connectivity index (χ0v) is 47.9. The van der Waals surface area contributed by atoms with Gasteiger partial charge in [0.05, 0.1) is 27.7 Å². The van der Waals surface area contributed by atoms with Crippen molar-refractivity contribution in [2.75, 3.05) is 47.5 Å². The third-order valence-electron chi connectivity index (χ3n) is 11.0. The molecule has 2 atom stereocenters. The predicted molar refractivity (Wildman–Crippen MR) is 313 cm³/mol. The second-order valence-electron chi connectivity index (χ2n) is 19.2. The van der Waals surface area contributed by atoms with Crippen molar-refractivity contribution in [3.63, 3.8) is 0 Å². The molecule has 0 aromatic carbocycles. The lowest BCUT2D eigenvalue weighted by atomic mass is 10.1. The molecule has 0 fully saturated rings. The Morgan fingerprint density at radius 2 is 0.743 bits per heavy atom. The van der Waals surface area contributed by atoms with Crippen LogP contribution in [0, 0.1) is 0 Å². The molecule has 0 aromatic heterocycles. The van der Waals surface area contributed by atoms with Crippen LogP contribution in [0.2, 0.25) is 0 Å². The van der Waals surface area contributed by atoms with E-state index in [1.54, 1.807) is 0 Å². The summed E-state index contributed by atoms with van der Waals surface area (Å²) in [7, 11) is 1.10. The second-order valence-corrected chi connectivity index (χ2v) is 20.6. The van der Waals surface area contributed by atoms with Crippen LogP contribution < -0.4 is 4.89 Å². The highest BCUT2D eigenvalue weighted by Crippen LogP contribution is 2.38. The molecule has 0 aliphatic heterocycles. The number of hydrogen-bond acceptors (Lipinski definition) is 8. The molecular formula is C64H102NO8P. The Bertz CT molecular complexity index is 1800. The van der Waals surface area contributed by atoms with E-state index in [9.17, 15) is 19.0 Å². The summed E-state index contributed by atoms with van der Waals surface area (Å²) in [6.07, 6.45) is 80.0. The maximum Gasteiger partial charge on any atom is 0.306 e. The van der Waals surface area contributed by atoms with Crippen molar-refractivity contribution in [1.29, 1.82) is 0 Å². The number of carbonyl (C=O) groups excluding carboxylic acids is 2. The molecule has 0 spiro atoms. The summed E-state index contributed by atoms with van der Waals surface area (Å²) >= 11 is 0. The smallest absolute Gasteiger partial charge is 0.306 e. The van der Waals surface area contributed by atoms with Gasteiger partial charge in [-0.15, -0.1) is 0 Å². The molecule has 0 radical (unpaired) electrons. The number of quaternary nitrogens is 1. The Hall–Kier alpha value is -4.37. The lowest BCUT2D eigenvalue weighted by Crippen LogP contribution is -2.37. The van der Waals surface area contributed by atoms with Gasteiger partial charge in [-0.05, 0) is 116 Å². The first-order valence-electron chi connectivity index (χ1n) is 28.2. The van der Waals surface area contributed by atoms with Crippen LogP contribution in [0.1, 0.15) is 181 Å². The second kappa shape index (κ2) is 53.5. The van der Waals surface area contributed by atoms with Gasteiger partial charge in [-0.25, -0.2) is 0 Å². The number of hydrogen-bond donors (Lipinski definition) is 0. The van der Waals surface area contributed by atoms with Crippen molar-refractivity contribution in [3.8, 4) is 0 Å². The summed E-state index contributed by atoms with van der Waals surface area (Å²) in [5.74, 6) is -0.928. The number of allylic oxidation sites excluding steroid dienone is 26. The molecule has 0 bridgehead atoms. The average molecular weight is 1040 g/mol. The molecule has 0 N–H and O–H groups in total. The number of likely N-dealkylation sites (N-methyl/N-ethyl adjacent to an activating group) is 1. The van der Waals surface area contributed by atoms with Gasteiger partial charge in [-0.3, -0.25) is 14.2 Å². The Kier molecular flexibility index (Phi) is 50.3. The molecule has 0 saturated carbocycles. The first kappa shape index (κ1) is 69.6. The highest BCUT2D eigenvalue weighted by molar-refractivity contribution is 7.45. The van der Waals surface area contributed by atoms with E-state index >= 15 is 0 Å². The van der Waals surface area contributed by atoms with E-state index in [1.165, 1.54) is 25.7 Å². The van der Waals surface area contributed by atoms with Crippen LogP contribution >= 0.6 is 7.82 Å². The van der Waals surface area contributed by atoms with Crippen LogP contribution in [0.25, 0.3) is 0 Å². The minimum Gasteiger partial charge on any atom is -0.756 e. The quantitative estimate of drug-likeness (QED) is 0.0195. The molecule has 0 aliphatic rings. The summed E-state index contributed by atoms with van der Waals surface area (Å²) in [5, 5.41) is 0. The third kappa shape index (κ3) is 56.9. The zero-order chi connectivity index (χ0) is 54.2. The van der Waals surface area contributed by atoms with E-state index in [0.717, 1.165) is 109 Å². The Balaban J connectivity index is 4.37. The average Bonchev–Trinajstić information content (AvgIpc) is 3.36. The number of unbranched alkanes of at least 4 members (excludes halogenated alkanes) is 9. The van der Waals surface area contributed by atoms with Crippen LogP contribution in [-0.2, 0) is 32.7 Å². The lowest BCUT2D eigenvalue weighted by molar-refractivity contribution is -0.870. The van der Waals surface area contributed by atoms with Crippen molar-refractivity contribution in [1.82, 2.24) is 0 Å². The van der Waals surface area contributed by atoms with Gasteiger partial charge in [0, 0.05) is 12.8 Å². The zero-order valence-electron chi connectivity index (χ0n) is 47.0. The van der Waals surface area contributed by atoms with Crippen LogP contribution in [0.4, 0.5) is 0 Å². The van der Waals surface area contributed by atoms with Gasteiger partial charge in [-0.2, -0.15) is 0 Å². The molecular weight excluding hydrogens is 942 g/mol. The summed E-state index contributed by atoms with van der Waals surface area (Å²) < 4.78 is 34.0. The van der Waals surface area contributed by atoms with Crippen molar-refractivity contribution in [2.24, 2.45) is 0 Å². The van der Waals surface area contributed by atoms with Crippen molar-refractivity contribution < 1.29 is 42.1 Å². The molecule has 0 aromatic rings. The van der Waals surface area contributed by atoms with Crippen LogP contribution in [0.5, 0.6) is 0 Å². The summed E-state index contributed by atoms with van der Waals surface area (Å²) in [6.45, 7) is 3.90. The van der Waals surface area contributed by atoms with Gasteiger partial charge in [0.2, 0.25) is 0 Å². The first-order valence-corrected chi connectivity index (χ1v) is 29.7. The summed E-state index contributed by atoms with van der Waals surface area (Å²) in [6, 6.07) is 0. The first-order chi connectivity index (χ1) is 36.0. The number of carbonyl (C=O) groups is 2. The summed E-state index contributed by atoms with van der Waals surface area (Å²) in [5.41, 5.74) is 0. The highest BCUT2D eigenvalue weighted by Gasteiger charge is 2.21. The fourth-order valence-electron chi connectivity index (χ4n) is 6.76. The number of nitrogens with zero attached hydrogens (tertiary/aromatic N) is 1. The number of phosphoric ester groups is 1. The van der Waals surface area contributed by atoms with E-state index in [1.807, 2.05) is 27.2 Å². The fourth-order valence-corrected chi connectivity index (χ4v) is 7.49. The molecule has 0 rings (SSSR count). The predicted octanol–water partition coefficient (Wildman–Crippen LogP) is 17.1. The lowest BCUT2D eigenvalue weighted by Gasteiger charge is -2.28. The van der Waals surface area contributed by atoms with Gasteiger partial charge in [-0.1, -0.05) is 210 Å². The largest absolute Gasteiger partial charge is 0.756 e. The molecule has 0 saturated heterocycles. The highest BCUT2D eigenvalue weighted by atomic mass is 31.2. The van der Waals surface area contributed by atoms with Crippen LogP contribution in [0.3, 0.4) is 0 Å². The van der Waals surface area contributed by atoms with Crippen molar-refractivity contribution in [3.05, 3.63) is 158 Å². The minimum atomic E-state index is -4.67. The number of ether oxygens (including phenoxy) is 2. The molecule has 74 heavy (non-hydrogen) atoms.